The van der Waals surface area contributed by atoms with Crippen LogP contribution in [0.15, 0.2) is 37.1 Å². The van der Waals surface area contributed by atoms with Gasteiger partial charge >= 0.3 is 6.09 Å². The van der Waals surface area contributed by atoms with E-state index in [2.05, 4.69) is 18.1 Å². The van der Waals surface area contributed by atoms with Gasteiger partial charge in [-0.3, -0.25) is 0 Å². The number of amides is 1. The van der Waals surface area contributed by atoms with Crippen LogP contribution in [0.5, 0.6) is 0 Å². The van der Waals surface area contributed by atoms with Crippen LogP contribution in [0.3, 0.4) is 0 Å². The molecule has 0 aromatic rings. The smallest absolute Gasteiger partial charge is 0.407 e. The second-order valence-corrected chi connectivity index (χ2v) is 3.29. The molecule has 1 heterocycles. The van der Waals surface area contributed by atoms with Crippen LogP contribution in [0, 0.1) is 0 Å². The van der Waals surface area contributed by atoms with E-state index in [0.717, 1.165) is 5.70 Å². The molecule has 0 aliphatic carbocycles. The van der Waals surface area contributed by atoms with E-state index in [0.29, 0.717) is 26.2 Å². The van der Waals surface area contributed by atoms with Gasteiger partial charge in [0.25, 0.3) is 0 Å². The molecule has 1 fully saturated rings. The van der Waals surface area contributed by atoms with Gasteiger partial charge in [0.05, 0.1) is 0 Å². The van der Waals surface area contributed by atoms with Gasteiger partial charge in [-0.2, -0.15) is 0 Å². The molecule has 0 unspecified atom stereocenters. The van der Waals surface area contributed by atoms with Gasteiger partial charge in [-0.1, -0.05) is 19.2 Å². The highest BCUT2D eigenvalue weighted by molar-refractivity contribution is 5.65. The molecular weight excluding hydrogens is 192 g/mol. The molecule has 15 heavy (non-hydrogen) atoms. The van der Waals surface area contributed by atoms with Crippen molar-refractivity contribution in [2.45, 2.75) is 0 Å². The van der Waals surface area contributed by atoms with E-state index in [-0.39, 0.29) is 0 Å². The zero-order chi connectivity index (χ0) is 11.3. The molecule has 82 valence electrons. The Kier molecular flexibility index (Phi) is 3.97. The van der Waals surface area contributed by atoms with E-state index in [9.17, 15) is 4.79 Å². The van der Waals surface area contributed by atoms with Crippen molar-refractivity contribution in [1.82, 2.24) is 9.80 Å². The lowest BCUT2D eigenvalue weighted by molar-refractivity contribution is 0.118. The molecule has 0 atom stereocenters. The summed E-state index contributed by atoms with van der Waals surface area (Å²) in [4.78, 5) is 14.2. The summed E-state index contributed by atoms with van der Waals surface area (Å²) in [6.45, 7) is 9.84. The molecule has 0 aromatic heterocycles. The van der Waals surface area contributed by atoms with Crippen molar-refractivity contribution in [3.8, 4) is 0 Å². The quantitative estimate of drug-likeness (QED) is 0.715. The molecule has 0 radical (unpaired) electrons. The van der Waals surface area contributed by atoms with Gasteiger partial charge in [-0.25, -0.2) is 4.79 Å². The third kappa shape index (κ3) is 2.87. The minimum Gasteiger partial charge on any atom is -0.465 e. The number of hydrogen-bond acceptors (Lipinski definition) is 2. The van der Waals surface area contributed by atoms with Gasteiger partial charge in [-0.05, 0) is 12.2 Å². The first kappa shape index (κ1) is 11.4. The molecule has 1 rings (SSSR count). The molecule has 1 aliphatic heterocycles. The zero-order valence-electron chi connectivity index (χ0n) is 8.72. The molecular formula is C11H16N2O2. The molecule has 0 saturated carbocycles. The predicted octanol–water partition coefficient (Wildman–Crippen LogP) is 1.54. The van der Waals surface area contributed by atoms with E-state index in [1.165, 1.54) is 4.90 Å². The lowest BCUT2D eigenvalue weighted by atomic mass is 10.2. The Balaban J connectivity index is 2.56. The Bertz CT molecular complexity index is 289. The fourth-order valence-corrected chi connectivity index (χ4v) is 1.58. The van der Waals surface area contributed by atoms with Crippen LogP contribution in [-0.4, -0.2) is 47.2 Å². The van der Waals surface area contributed by atoms with E-state index < -0.39 is 6.09 Å². The van der Waals surface area contributed by atoms with E-state index >= 15 is 0 Å². The van der Waals surface area contributed by atoms with Gasteiger partial charge in [0.1, 0.15) is 0 Å². The standard InChI is InChI=1S/C11H16N2O2/c1-3-5-10(4-2)12-6-8-13(9-7-12)11(14)15/h3-5H,1-2,6-9H2,(H,14,15)/b10-5+. The molecule has 4 nitrogen and oxygen atoms in total. The fraction of sp³-hybridized carbons (Fsp3) is 0.364. The number of allylic oxidation sites excluding steroid dienone is 3. The molecule has 0 spiro atoms. The van der Waals surface area contributed by atoms with Crippen molar-refractivity contribution in [1.29, 1.82) is 0 Å². The first-order valence-corrected chi connectivity index (χ1v) is 4.87. The summed E-state index contributed by atoms with van der Waals surface area (Å²) in [6.07, 6.45) is 4.50. The second-order valence-electron chi connectivity index (χ2n) is 3.29. The molecule has 1 amide bonds. The fourth-order valence-electron chi connectivity index (χ4n) is 1.58. The number of nitrogens with zero attached hydrogens (tertiary/aromatic N) is 2. The zero-order valence-corrected chi connectivity index (χ0v) is 8.72. The highest BCUT2D eigenvalue weighted by Crippen LogP contribution is 2.10. The Morgan fingerprint density at radius 2 is 1.67 bits per heavy atom. The molecule has 1 saturated heterocycles. The Hall–Kier alpha value is -1.71. The normalized spacial score (nSPS) is 17.5. The van der Waals surface area contributed by atoms with Crippen LogP contribution in [0.25, 0.3) is 0 Å². The van der Waals surface area contributed by atoms with E-state index in [4.69, 9.17) is 5.11 Å². The van der Waals surface area contributed by atoms with Crippen molar-refractivity contribution in [3.05, 3.63) is 37.1 Å². The number of carbonyl (C=O) groups is 1. The Morgan fingerprint density at radius 1 is 1.13 bits per heavy atom. The first-order chi connectivity index (χ1) is 7.19. The number of piperazine rings is 1. The maximum Gasteiger partial charge on any atom is 0.407 e. The maximum atomic E-state index is 10.7. The van der Waals surface area contributed by atoms with Gasteiger partial charge in [0, 0.05) is 31.9 Å². The minimum absolute atomic E-state index is 0.539. The SMILES string of the molecule is C=C/C=C(\C=C)N1CCN(C(=O)O)CC1. The third-order valence-electron chi connectivity index (χ3n) is 2.41. The van der Waals surface area contributed by atoms with E-state index in [1.54, 1.807) is 12.2 Å². The summed E-state index contributed by atoms with van der Waals surface area (Å²) in [7, 11) is 0. The van der Waals surface area contributed by atoms with Crippen molar-refractivity contribution >= 4 is 6.09 Å². The molecule has 0 aromatic carbocycles. The summed E-state index contributed by atoms with van der Waals surface area (Å²) < 4.78 is 0. The average Bonchev–Trinajstić information content (AvgIpc) is 2.26. The third-order valence-corrected chi connectivity index (χ3v) is 2.41. The number of carboxylic acid groups (broad SMARTS) is 1. The average molecular weight is 208 g/mol. The highest BCUT2D eigenvalue weighted by atomic mass is 16.4. The van der Waals surface area contributed by atoms with Crippen molar-refractivity contribution < 1.29 is 9.90 Å². The predicted molar refractivity (Wildman–Crippen MR) is 59.6 cm³/mol. The molecule has 1 aliphatic rings. The number of rotatable bonds is 3. The lowest BCUT2D eigenvalue weighted by Gasteiger charge is -2.35. The van der Waals surface area contributed by atoms with Crippen molar-refractivity contribution in [2.24, 2.45) is 0 Å². The molecule has 0 bridgehead atoms. The Labute approximate surface area is 89.8 Å². The Morgan fingerprint density at radius 3 is 2.07 bits per heavy atom. The van der Waals surface area contributed by atoms with E-state index in [1.807, 2.05) is 6.08 Å². The number of hydrogen-bond donors (Lipinski definition) is 1. The van der Waals surface area contributed by atoms with Crippen LogP contribution < -0.4 is 0 Å². The largest absolute Gasteiger partial charge is 0.465 e. The van der Waals surface area contributed by atoms with Crippen LogP contribution in [0.1, 0.15) is 0 Å². The monoisotopic (exact) mass is 208 g/mol. The maximum absolute atomic E-state index is 10.7. The van der Waals surface area contributed by atoms with Crippen LogP contribution >= 0.6 is 0 Å². The van der Waals surface area contributed by atoms with Gasteiger partial charge in [0.2, 0.25) is 0 Å². The second kappa shape index (κ2) is 5.24. The molecule has 4 heteroatoms. The molecule has 1 N–H and O–H groups in total. The highest BCUT2D eigenvalue weighted by Gasteiger charge is 2.20. The van der Waals surface area contributed by atoms with Crippen molar-refractivity contribution in [2.75, 3.05) is 26.2 Å². The topological polar surface area (TPSA) is 43.8 Å². The first-order valence-electron chi connectivity index (χ1n) is 4.87. The summed E-state index contributed by atoms with van der Waals surface area (Å²) in [6, 6.07) is 0. The van der Waals surface area contributed by atoms with Gasteiger partial charge in [-0.15, -0.1) is 0 Å². The summed E-state index contributed by atoms with van der Waals surface area (Å²) in [5, 5.41) is 8.78. The summed E-state index contributed by atoms with van der Waals surface area (Å²) in [5.74, 6) is 0. The van der Waals surface area contributed by atoms with Crippen LogP contribution in [-0.2, 0) is 0 Å². The minimum atomic E-state index is -0.845. The lowest BCUT2D eigenvalue weighted by Crippen LogP contribution is -2.47. The van der Waals surface area contributed by atoms with Crippen LogP contribution in [0.2, 0.25) is 0 Å². The summed E-state index contributed by atoms with van der Waals surface area (Å²) >= 11 is 0. The van der Waals surface area contributed by atoms with Gasteiger partial charge < -0.3 is 14.9 Å². The van der Waals surface area contributed by atoms with Gasteiger partial charge in [0.15, 0.2) is 0 Å². The van der Waals surface area contributed by atoms with Crippen molar-refractivity contribution in [3.63, 3.8) is 0 Å². The summed E-state index contributed by atoms with van der Waals surface area (Å²) in [5.41, 5.74) is 0.995. The van der Waals surface area contributed by atoms with Crippen LogP contribution in [0.4, 0.5) is 4.79 Å².